The summed E-state index contributed by atoms with van der Waals surface area (Å²) < 4.78 is 0. The van der Waals surface area contributed by atoms with E-state index in [-0.39, 0.29) is 11.8 Å². The van der Waals surface area contributed by atoms with Crippen molar-refractivity contribution in [2.24, 2.45) is 0 Å². The monoisotopic (exact) mass is 380 g/mol. The molecule has 3 nitrogen and oxygen atoms in total. The van der Waals surface area contributed by atoms with Crippen molar-refractivity contribution in [2.75, 3.05) is 6.54 Å². The summed E-state index contributed by atoms with van der Waals surface area (Å²) in [6.45, 7) is 0.740. The van der Waals surface area contributed by atoms with Gasteiger partial charge in [0.15, 0.2) is 0 Å². The van der Waals surface area contributed by atoms with Crippen LogP contribution in [0.15, 0.2) is 48.5 Å². The van der Waals surface area contributed by atoms with E-state index in [1.807, 2.05) is 24.3 Å². The third-order valence-corrected chi connectivity index (χ3v) is 5.76. The minimum atomic E-state index is -0.0750. The molecule has 2 aromatic carbocycles. The topological polar surface area (TPSA) is 44.9 Å². The highest BCUT2D eigenvalue weighted by Gasteiger charge is 2.29. The van der Waals surface area contributed by atoms with Gasteiger partial charge in [0, 0.05) is 28.2 Å². The smallest absolute Gasteiger partial charge is 0.229 e. The minimum Gasteiger partial charge on any atom is -0.357 e. The molecule has 1 atom stereocenters. The van der Waals surface area contributed by atoms with Crippen LogP contribution in [0.1, 0.15) is 48.4 Å². The predicted molar refractivity (Wildman–Crippen MR) is 111 cm³/mol. The zero-order chi connectivity index (χ0) is 18.6. The lowest BCUT2D eigenvalue weighted by Crippen LogP contribution is -2.32. The van der Waals surface area contributed by atoms with Crippen molar-refractivity contribution in [3.8, 4) is 0 Å². The number of benzene rings is 2. The first-order valence-corrected chi connectivity index (χ1v) is 10.2. The van der Waals surface area contributed by atoms with Crippen LogP contribution in [0.4, 0.5) is 0 Å². The van der Waals surface area contributed by atoms with Crippen molar-refractivity contribution in [1.82, 2.24) is 10.3 Å². The molecule has 1 unspecified atom stereocenters. The first-order chi connectivity index (χ1) is 13.2. The summed E-state index contributed by atoms with van der Waals surface area (Å²) in [5.41, 5.74) is 4.78. The fraction of sp³-hybridized carbons (Fsp3) is 0.348. The lowest BCUT2D eigenvalue weighted by Gasteiger charge is -2.22. The third kappa shape index (κ3) is 4.03. The molecule has 1 aromatic heterocycles. The Hall–Kier alpha value is -2.26. The van der Waals surface area contributed by atoms with Crippen molar-refractivity contribution in [2.45, 2.75) is 44.4 Å². The number of fused-ring (bicyclic) bond motifs is 3. The number of hydrogen-bond donors (Lipinski definition) is 2. The summed E-state index contributed by atoms with van der Waals surface area (Å²) in [6, 6.07) is 16.4. The SMILES string of the molecule is O=C(NCCCCc1ccccc1)C1CCCc2c1[nH]c1ccc(Cl)cc21. The van der Waals surface area contributed by atoms with Gasteiger partial charge in [-0.05, 0) is 67.9 Å². The standard InChI is InChI=1S/C23H25ClN2O/c24-17-12-13-21-20(15-17)18-10-6-11-19(22(18)26-21)23(27)25-14-5-4-9-16-7-2-1-3-8-16/h1-3,7-8,12-13,15,19,26H,4-6,9-11,14H2,(H,25,27). The van der Waals surface area contributed by atoms with Gasteiger partial charge in [0.1, 0.15) is 0 Å². The molecule has 1 heterocycles. The normalized spacial score (nSPS) is 16.3. The molecule has 0 bridgehead atoms. The first kappa shape index (κ1) is 18.1. The van der Waals surface area contributed by atoms with E-state index in [9.17, 15) is 4.79 Å². The quantitative estimate of drug-likeness (QED) is 0.554. The molecular weight excluding hydrogens is 356 g/mol. The number of amides is 1. The number of aryl methyl sites for hydroxylation is 2. The van der Waals surface area contributed by atoms with Gasteiger partial charge in [0.2, 0.25) is 5.91 Å². The van der Waals surface area contributed by atoms with Crippen molar-refractivity contribution in [3.63, 3.8) is 0 Å². The van der Waals surface area contributed by atoms with Gasteiger partial charge in [0.25, 0.3) is 0 Å². The van der Waals surface area contributed by atoms with Crippen molar-refractivity contribution >= 4 is 28.4 Å². The van der Waals surface area contributed by atoms with Crippen LogP contribution in [0.25, 0.3) is 10.9 Å². The number of nitrogens with one attached hydrogen (secondary N) is 2. The van der Waals surface area contributed by atoms with E-state index < -0.39 is 0 Å². The highest BCUT2D eigenvalue weighted by molar-refractivity contribution is 6.31. The molecule has 0 fully saturated rings. The highest BCUT2D eigenvalue weighted by Crippen LogP contribution is 2.37. The Morgan fingerprint density at radius 2 is 2.00 bits per heavy atom. The summed E-state index contributed by atoms with van der Waals surface area (Å²) in [5.74, 6) is 0.0716. The average molecular weight is 381 g/mol. The van der Waals surface area contributed by atoms with E-state index in [0.29, 0.717) is 0 Å². The maximum Gasteiger partial charge on any atom is 0.229 e. The molecule has 0 saturated carbocycles. The van der Waals surface area contributed by atoms with Gasteiger partial charge in [-0.25, -0.2) is 0 Å². The van der Waals surface area contributed by atoms with Gasteiger partial charge in [0.05, 0.1) is 5.92 Å². The molecule has 0 radical (unpaired) electrons. The van der Waals surface area contributed by atoms with E-state index >= 15 is 0 Å². The minimum absolute atomic E-state index is 0.0750. The second-order valence-electron chi connectivity index (χ2n) is 7.39. The Balaban J connectivity index is 1.35. The van der Waals surface area contributed by atoms with Gasteiger partial charge < -0.3 is 10.3 Å². The van der Waals surface area contributed by atoms with Crippen LogP contribution >= 0.6 is 11.6 Å². The number of hydrogen-bond acceptors (Lipinski definition) is 1. The molecule has 3 aromatic rings. The fourth-order valence-corrected chi connectivity index (χ4v) is 4.30. The zero-order valence-corrected chi connectivity index (χ0v) is 16.2. The van der Waals surface area contributed by atoms with Gasteiger partial charge in [-0.2, -0.15) is 0 Å². The maximum atomic E-state index is 12.8. The van der Waals surface area contributed by atoms with Crippen molar-refractivity contribution in [3.05, 3.63) is 70.4 Å². The first-order valence-electron chi connectivity index (χ1n) is 9.84. The average Bonchev–Trinajstić information content (AvgIpc) is 3.06. The third-order valence-electron chi connectivity index (χ3n) is 5.52. The molecule has 1 amide bonds. The van der Waals surface area contributed by atoms with E-state index in [1.54, 1.807) is 0 Å². The Bertz CT molecular complexity index is 932. The van der Waals surface area contributed by atoms with E-state index in [4.69, 9.17) is 11.6 Å². The van der Waals surface area contributed by atoms with Crippen LogP contribution in [0.3, 0.4) is 0 Å². The predicted octanol–water partition coefficient (Wildman–Crippen LogP) is 5.38. The maximum absolute atomic E-state index is 12.8. The van der Waals surface area contributed by atoms with Crippen LogP contribution in [-0.2, 0) is 17.6 Å². The van der Waals surface area contributed by atoms with Crippen molar-refractivity contribution in [1.29, 1.82) is 0 Å². The molecule has 27 heavy (non-hydrogen) atoms. The molecule has 4 heteroatoms. The molecule has 1 aliphatic carbocycles. The van der Waals surface area contributed by atoms with Crippen LogP contribution in [0.2, 0.25) is 5.02 Å². The van der Waals surface area contributed by atoms with Crippen LogP contribution in [-0.4, -0.2) is 17.4 Å². The van der Waals surface area contributed by atoms with Crippen LogP contribution in [0, 0.1) is 0 Å². The number of unbranched alkanes of at least 4 members (excludes halogenated alkanes) is 1. The molecule has 1 aliphatic rings. The van der Waals surface area contributed by atoms with Gasteiger partial charge in [-0.15, -0.1) is 0 Å². The highest BCUT2D eigenvalue weighted by atomic mass is 35.5. The number of carbonyl (C=O) groups excluding carboxylic acids is 1. The second-order valence-corrected chi connectivity index (χ2v) is 7.82. The fourth-order valence-electron chi connectivity index (χ4n) is 4.13. The van der Waals surface area contributed by atoms with Gasteiger partial charge >= 0.3 is 0 Å². The summed E-state index contributed by atoms with van der Waals surface area (Å²) in [7, 11) is 0. The Kier molecular flexibility index (Phi) is 5.49. The summed E-state index contributed by atoms with van der Waals surface area (Å²) in [6.07, 6.45) is 6.11. The lowest BCUT2D eigenvalue weighted by molar-refractivity contribution is -0.122. The number of aromatic nitrogens is 1. The van der Waals surface area contributed by atoms with Gasteiger partial charge in [-0.1, -0.05) is 41.9 Å². The van der Waals surface area contributed by atoms with E-state index in [1.165, 1.54) is 11.1 Å². The summed E-state index contributed by atoms with van der Waals surface area (Å²) in [4.78, 5) is 16.3. The van der Waals surface area contributed by atoms with E-state index in [2.05, 4.69) is 34.6 Å². The molecule has 0 saturated heterocycles. The molecule has 0 spiro atoms. The molecule has 0 aliphatic heterocycles. The number of H-pyrrole nitrogens is 1. The number of rotatable bonds is 6. The lowest BCUT2D eigenvalue weighted by atomic mass is 9.86. The van der Waals surface area contributed by atoms with Crippen LogP contribution in [0.5, 0.6) is 0 Å². The van der Waals surface area contributed by atoms with Gasteiger partial charge in [-0.3, -0.25) is 4.79 Å². The number of aromatic amines is 1. The molecule has 4 rings (SSSR count). The molecule has 140 valence electrons. The Morgan fingerprint density at radius 1 is 1.15 bits per heavy atom. The summed E-state index contributed by atoms with van der Waals surface area (Å²) >= 11 is 6.17. The largest absolute Gasteiger partial charge is 0.357 e. The number of halogens is 1. The molecule has 2 N–H and O–H groups in total. The van der Waals surface area contributed by atoms with E-state index in [0.717, 1.165) is 66.7 Å². The molecular formula is C23H25ClN2O. The Morgan fingerprint density at radius 3 is 2.85 bits per heavy atom. The van der Waals surface area contributed by atoms with Crippen LogP contribution < -0.4 is 5.32 Å². The second kappa shape index (κ2) is 8.18. The summed E-state index contributed by atoms with van der Waals surface area (Å²) in [5, 5.41) is 5.06. The number of carbonyl (C=O) groups is 1. The zero-order valence-electron chi connectivity index (χ0n) is 15.4. The Labute approximate surface area is 165 Å². The van der Waals surface area contributed by atoms with Crippen molar-refractivity contribution < 1.29 is 4.79 Å².